The Morgan fingerprint density at radius 1 is 0.300 bits per heavy atom. The maximum absolute atomic E-state index is 13.3. The van der Waals surface area contributed by atoms with E-state index in [9.17, 15) is 38.4 Å². The summed E-state index contributed by atoms with van der Waals surface area (Å²) in [5.74, 6) is 25.8. The van der Waals surface area contributed by atoms with E-state index in [0.717, 1.165) is 77.0 Å². The molecule has 0 atom stereocenters. The average molecular weight is 1080 g/mol. The summed E-state index contributed by atoms with van der Waals surface area (Å²) in [6.45, 7) is 9.77. The first-order chi connectivity index (χ1) is 38.8. The zero-order valence-corrected chi connectivity index (χ0v) is 46.0. The number of hydrogen-bond acceptors (Lipinski definition) is 8. The third-order valence-electron chi connectivity index (χ3n) is 14.3. The quantitative estimate of drug-likeness (QED) is 0.0333. The monoisotopic (exact) mass is 1070 g/mol. The molecule has 4 aromatic carbocycles. The minimum absolute atomic E-state index is 0.228. The first-order valence-corrected chi connectivity index (χ1v) is 28.1. The van der Waals surface area contributed by atoms with Gasteiger partial charge in [0.05, 0.1) is 0 Å². The van der Waals surface area contributed by atoms with Crippen molar-refractivity contribution in [2.24, 2.45) is 0 Å². The van der Waals surface area contributed by atoms with Crippen molar-refractivity contribution in [3.8, 4) is 47.4 Å². The average Bonchev–Trinajstić information content (AvgIpc) is 3.56. The molecule has 0 unspecified atom stereocenters. The summed E-state index contributed by atoms with van der Waals surface area (Å²) in [6.07, 6.45) is 14.3. The molecule has 0 saturated carbocycles. The summed E-state index contributed by atoms with van der Waals surface area (Å²) in [5.41, 5.74) is -1.76. The highest BCUT2D eigenvalue weighted by Gasteiger charge is 2.19. The van der Waals surface area contributed by atoms with Gasteiger partial charge in [-0.15, -0.1) is 0 Å². The summed E-state index contributed by atoms with van der Waals surface area (Å²) in [5, 5.41) is 4.10. The molecule has 0 aliphatic carbocycles. The van der Waals surface area contributed by atoms with E-state index in [2.05, 4.69) is 95.0 Å². The topological polar surface area (TPSA) is 219 Å². The minimum atomic E-state index is -0.589. The van der Waals surface area contributed by atoms with Crippen molar-refractivity contribution in [1.29, 1.82) is 0 Å². The summed E-state index contributed by atoms with van der Waals surface area (Å²) in [7, 11) is 0. The molecular formula is C64H66N8O8. The molecule has 4 N–H and O–H groups in total. The van der Waals surface area contributed by atoms with Crippen molar-refractivity contribution in [3.05, 3.63) is 189 Å². The van der Waals surface area contributed by atoms with Crippen LogP contribution in [0.15, 0.2) is 99.0 Å². The van der Waals surface area contributed by atoms with Gasteiger partial charge in [0, 0.05) is 72.7 Å². The van der Waals surface area contributed by atoms with Crippen LogP contribution in [0.5, 0.6) is 0 Å². The van der Waals surface area contributed by atoms with Crippen LogP contribution in [0.3, 0.4) is 0 Å². The molecule has 410 valence electrons. The fourth-order valence-corrected chi connectivity index (χ4v) is 10.1. The zero-order chi connectivity index (χ0) is 56.7. The second kappa shape index (κ2) is 27.0. The van der Waals surface area contributed by atoms with Crippen molar-refractivity contribution in [3.63, 3.8) is 0 Å². The molecule has 0 bridgehead atoms. The lowest BCUT2D eigenvalue weighted by atomic mass is 9.86. The Morgan fingerprint density at radius 2 is 0.525 bits per heavy atom. The van der Waals surface area contributed by atoms with E-state index in [1.54, 1.807) is 0 Å². The van der Waals surface area contributed by atoms with E-state index in [4.69, 9.17) is 0 Å². The second-order valence-electron chi connectivity index (χ2n) is 20.2. The molecule has 16 heteroatoms. The lowest BCUT2D eigenvalue weighted by Crippen LogP contribution is -2.31. The Labute approximate surface area is 461 Å². The predicted molar refractivity (Wildman–Crippen MR) is 316 cm³/mol. The van der Waals surface area contributed by atoms with Crippen LogP contribution in [-0.4, -0.2) is 38.2 Å². The lowest BCUT2D eigenvalue weighted by Gasteiger charge is -2.16. The van der Waals surface area contributed by atoms with Gasteiger partial charge < -0.3 is 0 Å². The van der Waals surface area contributed by atoms with Crippen LogP contribution in [-0.2, 0) is 26.2 Å². The number of H-pyrrole nitrogens is 4. The van der Waals surface area contributed by atoms with Crippen LogP contribution in [0.25, 0.3) is 32.3 Å². The molecule has 0 saturated heterocycles. The maximum Gasteiger partial charge on any atom is 0.329 e. The number of nitrogens with zero attached hydrogens (tertiary/aromatic N) is 4. The van der Waals surface area contributed by atoms with Crippen LogP contribution in [0, 0.1) is 47.4 Å². The number of aromatic nitrogens is 8. The Morgan fingerprint density at radius 3 is 0.738 bits per heavy atom. The number of unbranched alkanes of at least 4 members (excludes halogenated alkanes) is 12. The Kier molecular flexibility index (Phi) is 19.2. The molecular weight excluding hydrogens is 1010 g/mol. The number of aromatic amines is 4. The Bertz CT molecular complexity index is 3830. The minimum Gasteiger partial charge on any atom is -0.286 e. The predicted octanol–water partition coefficient (Wildman–Crippen LogP) is 7.90. The summed E-state index contributed by atoms with van der Waals surface area (Å²) < 4.78 is 5.89. The normalized spacial score (nSPS) is 11.0. The highest BCUT2D eigenvalue weighted by Crippen LogP contribution is 2.40. The second-order valence-corrected chi connectivity index (χ2v) is 20.2. The molecule has 4 aromatic heterocycles. The zero-order valence-electron chi connectivity index (χ0n) is 46.0. The highest BCUT2D eigenvalue weighted by atomic mass is 16.2. The highest BCUT2D eigenvalue weighted by molar-refractivity contribution is 6.26. The first-order valence-electron chi connectivity index (χ1n) is 28.1. The van der Waals surface area contributed by atoms with E-state index in [-0.39, 0.29) is 22.8 Å². The third kappa shape index (κ3) is 13.6. The standard InChI is InChI=1S/C64H66N8O8/c1-5-9-13-17-33-69-47(39-55(73)65-61(69)77)25-21-43-37-44(22-26-48-40-56(74)66-62(78)70(48)34-18-14-10-6-2)52-31-32-54-46(24-28-50-42-58(76)68-64(80)72(50)36-20-16-12-8-4)38-45(53-30-29-51(43)59(52)60(53)54)23-27-49-41-57(75)67-63(79)71(49)35-19-15-11-7-3/h29-32,37-42H,5-20,33-36H2,1-4H3,(H,65,73,77)(H,66,74,78)(H,67,75,79)(H,68,76,80). The molecule has 4 heterocycles. The van der Waals surface area contributed by atoms with Gasteiger partial charge in [0.2, 0.25) is 0 Å². The van der Waals surface area contributed by atoms with E-state index in [1.807, 2.05) is 36.4 Å². The van der Waals surface area contributed by atoms with E-state index in [0.29, 0.717) is 106 Å². The first kappa shape index (κ1) is 57.1. The van der Waals surface area contributed by atoms with Crippen LogP contribution in [0.4, 0.5) is 0 Å². The van der Waals surface area contributed by atoms with Crippen LogP contribution >= 0.6 is 0 Å². The van der Waals surface area contributed by atoms with Crippen molar-refractivity contribution < 1.29 is 0 Å². The molecule has 0 radical (unpaired) electrons. The molecule has 0 fully saturated rings. The van der Waals surface area contributed by atoms with Crippen molar-refractivity contribution in [2.75, 3.05) is 0 Å². The van der Waals surface area contributed by atoms with Crippen molar-refractivity contribution >= 4 is 32.3 Å². The smallest absolute Gasteiger partial charge is 0.286 e. The van der Waals surface area contributed by atoms with E-state index >= 15 is 0 Å². The van der Waals surface area contributed by atoms with Gasteiger partial charge >= 0.3 is 22.8 Å². The fraction of sp³-hybridized carbons (Fsp3) is 0.375. The van der Waals surface area contributed by atoms with Gasteiger partial charge in [0.25, 0.3) is 22.2 Å². The largest absolute Gasteiger partial charge is 0.329 e. The van der Waals surface area contributed by atoms with Crippen LogP contribution < -0.4 is 45.0 Å². The maximum atomic E-state index is 13.3. The van der Waals surface area contributed by atoms with Gasteiger partial charge in [-0.05, 0) is 93.8 Å². The molecule has 16 nitrogen and oxygen atoms in total. The molecule has 8 aromatic rings. The van der Waals surface area contributed by atoms with Gasteiger partial charge in [-0.3, -0.25) is 57.4 Å². The van der Waals surface area contributed by atoms with E-state index in [1.165, 1.54) is 42.5 Å². The van der Waals surface area contributed by atoms with Crippen molar-refractivity contribution in [1.82, 2.24) is 38.2 Å². The van der Waals surface area contributed by atoms with Crippen molar-refractivity contribution in [2.45, 2.75) is 157 Å². The molecule has 8 rings (SSSR count). The summed E-state index contributed by atoms with van der Waals surface area (Å²) in [6, 6.07) is 16.5. The van der Waals surface area contributed by atoms with Gasteiger partial charge in [-0.1, -0.05) is 153 Å². The third-order valence-corrected chi connectivity index (χ3v) is 14.3. The summed E-state index contributed by atoms with van der Waals surface area (Å²) >= 11 is 0. The number of rotatable bonds is 20. The molecule has 0 amide bonds. The number of hydrogen-bond donors (Lipinski definition) is 4. The number of nitrogens with one attached hydrogen (secondary N) is 4. The van der Waals surface area contributed by atoms with Crippen LogP contribution in [0.2, 0.25) is 0 Å². The van der Waals surface area contributed by atoms with Gasteiger partial charge in [0.1, 0.15) is 22.8 Å². The molecule has 80 heavy (non-hydrogen) atoms. The fourth-order valence-electron chi connectivity index (χ4n) is 10.1. The van der Waals surface area contributed by atoms with Gasteiger partial charge in [-0.2, -0.15) is 0 Å². The Balaban J connectivity index is 1.44. The van der Waals surface area contributed by atoms with Gasteiger partial charge in [-0.25, -0.2) is 19.2 Å². The molecule has 0 aliphatic rings. The lowest BCUT2D eigenvalue weighted by molar-refractivity contribution is 0.556. The number of benzene rings is 4. The molecule has 0 aliphatic heterocycles. The molecule has 0 spiro atoms. The summed E-state index contributed by atoms with van der Waals surface area (Å²) in [4.78, 5) is 114. The SMILES string of the molecule is CCCCCCn1c(C#Cc2cc(C#Cc3cc(=O)[nH]c(=O)n3CCCCCC)c3ccc4c(C#Cc5cc(=O)[nH]c(=O)n5CCCCCC)cc(C#Cc5cc(=O)[nH]c(=O)n5CCCCCC)c5ccc2c3c54)cc(=O)[nH]c1=O. The Hall–Kier alpha value is -9.12. The van der Waals surface area contributed by atoms with Crippen LogP contribution in [0.1, 0.15) is 175 Å². The van der Waals surface area contributed by atoms with E-state index < -0.39 is 45.0 Å². The van der Waals surface area contributed by atoms with Gasteiger partial charge in [0.15, 0.2) is 0 Å².